The summed E-state index contributed by atoms with van der Waals surface area (Å²) in [5.74, 6) is 0.0975. The van der Waals surface area contributed by atoms with Crippen LogP contribution in [0.1, 0.15) is 6.92 Å². The van der Waals surface area contributed by atoms with Crippen LogP contribution < -0.4 is 14.8 Å². The molecule has 0 saturated carbocycles. The topological polar surface area (TPSA) is 88.1 Å². The van der Waals surface area contributed by atoms with Gasteiger partial charge in [0.05, 0.1) is 0 Å². The molecule has 0 spiro atoms. The van der Waals surface area contributed by atoms with E-state index >= 15 is 0 Å². The molecule has 1 aliphatic rings. The molecular weight excluding hydrogens is 252 g/mol. The van der Waals surface area contributed by atoms with E-state index in [2.05, 4.69) is 5.32 Å². The number of ether oxygens (including phenoxy) is 2. The highest BCUT2D eigenvalue weighted by Crippen LogP contribution is 2.34. The summed E-state index contributed by atoms with van der Waals surface area (Å²) in [6, 6.07) is 3.55. The minimum atomic E-state index is -1.07. The SMILES string of the molecule is CC(C(=O)O)N(C)C(=O)Nc1ccc2c(c1)OCO2. The van der Waals surface area contributed by atoms with Gasteiger partial charge in [0, 0.05) is 18.8 Å². The van der Waals surface area contributed by atoms with Gasteiger partial charge in [-0.3, -0.25) is 0 Å². The zero-order valence-corrected chi connectivity index (χ0v) is 10.5. The number of carbonyl (C=O) groups excluding carboxylic acids is 1. The standard InChI is InChI=1S/C12H14N2O5/c1-7(11(15)16)14(2)12(17)13-8-3-4-9-10(5-8)19-6-18-9/h3-5,7H,6H2,1-2H3,(H,13,17)(H,15,16). The van der Waals surface area contributed by atoms with Crippen LogP contribution in [0.2, 0.25) is 0 Å². The summed E-state index contributed by atoms with van der Waals surface area (Å²) in [5, 5.41) is 11.4. The largest absolute Gasteiger partial charge is 0.480 e. The molecule has 0 fully saturated rings. The third-order valence-corrected chi connectivity index (χ3v) is 2.88. The molecule has 19 heavy (non-hydrogen) atoms. The number of anilines is 1. The molecule has 2 rings (SSSR count). The van der Waals surface area contributed by atoms with Gasteiger partial charge in [0.25, 0.3) is 0 Å². The van der Waals surface area contributed by atoms with Crippen molar-refractivity contribution in [2.24, 2.45) is 0 Å². The highest BCUT2D eigenvalue weighted by Gasteiger charge is 2.22. The Morgan fingerprint density at radius 1 is 1.37 bits per heavy atom. The molecule has 2 amide bonds. The second-order valence-corrected chi connectivity index (χ2v) is 4.12. The lowest BCUT2D eigenvalue weighted by atomic mass is 10.2. The number of hydrogen-bond acceptors (Lipinski definition) is 4. The summed E-state index contributed by atoms with van der Waals surface area (Å²) in [6.07, 6.45) is 0. The molecule has 1 heterocycles. The number of likely N-dealkylation sites (N-methyl/N-ethyl adjacent to an activating group) is 1. The molecule has 102 valence electrons. The maximum Gasteiger partial charge on any atom is 0.326 e. The first-order chi connectivity index (χ1) is 8.99. The van der Waals surface area contributed by atoms with E-state index in [-0.39, 0.29) is 6.79 Å². The first-order valence-corrected chi connectivity index (χ1v) is 5.65. The van der Waals surface area contributed by atoms with Gasteiger partial charge in [-0.15, -0.1) is 0 Å². The van der Waals surface area contributed by atoms with E-state index < -0.39 is 18.0 Å². The number of carboxylic acid groups (broad SMARTS) is 1. The lowest BCUT2D eigenvalue weighted by Crippen LogP contribution is -2.42. The molecule has 1 unspecified atom stereocenters. The third-order valence-electron chi connectivity index (χ3n) is 2.88. The van der Waals surface area contributed by atoms with Crippen molar-refractivity contribution < 1.29 is 24.2 Å². The number of benzene rings is 1. The molecule has 0 radical (unpaired) electrons. The smallest absolute Gasteiger partial charge is 0.326 e. The molecule has 0 aliphatic carbocycles. The Morgan fingerprint density at radius 3 is 2.74 bits per heavy atom. The van der Waals surface area contributed by atoms with Crippen molar-refractivity contribution in [2.45, 2.75) is 13.0 Å². The number of rotatable bonds is 3. The monoisotopic (exact) mass is 266 g/mol. The van der Waals surface area contributed by atoms with Crippen molar-refractivity contribution in [1.82, 2.24) is 4.90 Å². The summed E-state index contributed by atoms with van der Waals surface area (Å²) >= 11 is 0. The normalized spacial score (nSPS) is 13.8. The summed E-state index contributed by atoms with van der Waals surface area (Å²) < 4.78 is 10.3. The number of aliphatic carboxylic acids is 1. The van der Waals surface area contributed by atoms with Gasteiger partial charge in [0.2, 0.25) is 6.79 Å². The molecule has 1 atom stereocenters. The van der Waals surface area contributed by atoms with Crippen LogP contribution in [0, 0.1) is 0 Å². The molecule has 0 aromatic heterocycles. The summed E-state index contributed by atoms with van der Waals surface area (Å²) in [7, 11) is 1.42. The van der Waals surface area contributed by atoms with E-state index in [1.807, 2.05) is 0 Å². The van der Waals surface area contributed by atoms with E-state index in [4.69, 9.17) is 14.6 Å². The summed E-state index contributed by atoms with van der Waals surface area (Å²) in [5.41, 5.74) is 0.513. The van der Waals surface area contributed by atoms with Crippen molar-refractivity contribution in [3.63, 3.8) is 0 Å². The minimum absolute atomic E-state index is 0.155. The fourth-order valence-electron chi connectivity index (χ4n) is 1.53. The van der Waals surface area contributed by atoms with Crippen molar-refractivity contribution in [2.75, 3.05) is 19.2 Å². The van der Waals surface area contributed by atoms with Crippen LogP contribution in [0.3, 0.4) is 0 Å². The average molecular weight is 266 g/mol. The van der Waals surface area contributed by atoms with E-state index in [1.54, 1.807) is 18.2 Å². The number of nitrogens with zero attached hydrogens (tertiary/aromatic N) is 1. The maximum atomic E-state index is 11.8. The third kappa shape index (κ3) is 2.70. The van der Waals surface area contributed by atoms with E-state index in [0.29, 0.717) is 17.2 Å². The molecule has 1 aromatic rings. The van der Waals surface area contributed by atoms with Crippen molar-refractivity contribution >= 4 is 17.7 Å². The summed E-state index contributed by atoms with van der Waals surface area (Å²) in [6.45, 7) is 1.59. The van der Waals surface area contributed by atoms with Crippen molar-refractivity contribution in [3.8, 4) is 11.5 Å². The van der Waals surface area contributed by atoms with Crippen LogP contribution >= 0.6 is 0 Å². The molecule has 7 heteroatoms. The Balaban J connectivity index is 2.05. The van der Waals surface area contributed by atoms with Gasteiger partial charge < -0.3 is 24.8 Å². The van der Waals surface area contributed by atoms with Crippen molar-refractivity contribution in [3.05, 3.63) is 18.2 Å². The first kappa shape index (κ1) is 13.0. The number of fused-ring (bicyclic) bond motifs is 1. The lowest BCUT2D eigenvalue weighted by molar-refractivity contribution is -0.141. The quantitative estimate of drug-likeness (QED) is 0.862. The van der Waals surface area contributed by atoms with Gasteiger partial charge in [-0.05, 0) is 19.1 Å². The number of amides is 2. The number of hydrogen-bond donors (Lipinski definition) is 2. The number of urea groups is 1. The number of carbonyl (C=O) groups is 2. The lowest BCUT2D eigenvalue weighted by Gasteiger charge is -2.21. The minimum Gasteiger partial charge on any atom is -0.480 e. The number of carboxylic acids is 1. The Labute approximate surface area is 109 Å². The van der Waals surface area contributed by atoms with Gasteiger partial charge in [-0.2, -0.15) is 0 Å². The predicted molar refractivity (Wildman–Crippen MR) is 66.4 cm³/mol. The van der Waals surface area contributed by atoms with Crippen LogP contribution in [-0.4, -0.2) is 41.9 Å². The molecule has 1 aliphatic heterocycles. The second-order valence-electron chi connectivity index (χ2n) is 4.12. The highest BCUT2D eigenvalue weighted by atomic mass is 16.7. The van der Waals surface area contributed by atoms with Crippen LogP contribution in [0.25, 0.3) is 0 Å². The second kappa shape index (κ2) is 5.05. The van der Waals surface area contributed by atoms with Gasteiger partial charge in [-0.1, -0.05) is 0 Å². The highest BCUT2D eigenvalue weighted by molar-refractivity contribution is 5.92. The van der Waals surface area contributed by atoms with Gasteiger partial charge >= 0.3 is 12.0 Å². The van der Waals surface area contributed by atoms with Crippen LogP contribution in [0.15, 0.2) is 18.2 Å². The Kier molecular flexibility index (Phi) is 3.46. The molecule has 7 nitrogen and oxygen atoms in total. The number of nitrogens with one attached hydrogen (secondary N) is 1. The van der Waals surface area contributed by atoms with Crippen LogP contribution in [0.5, 0.6) is 11.5 Å². The van der Waals surface area contributed by atoms with E-state index in [0.717, 1.165) is 4.90 Å². The summed E-state index contributed by atoms with van der Waals surface area (Å²) in [4.78, 5) is 23.7. The van der Waals surface area contributed by atoms with Crippen LogP contribution in [0.4, 0.5) is 10.5 Å². The van der Waals surface area contributed by atoms with E-state index in [9.17, 15) is 9.59 Å². The van der Waals surface area contributed by atoms with E-state index in [1.165, 1.54) is 14.0 Å². The average Bonchev–Trinajstić information content (AvgIpc) is 2.84. The zero-order chi connectivity index (χ0) is 14.0. The van der Waals surface area contributed by atoms with Gasteiger partial charge in [0.15, 0.2) is 11.5 Å². The first-order valence-electron chi connectivity index (χ1n) is 5.65. The fourth-order valence-corrected chi connectivity index (χ4v) is 1.53. The zero-order valence-electron chi connectivity index (χ0n) is 10.5. The van der Waals surface area contributed by atoms with Crippen molar-refractivity contribution in [1.29, 1.82) is 0 Å². The predicted octanol–water partition coefficient (Wildman–Crippen LogP) is 1.35. The van der Waals surface area contributed by atoms with Gasteiger partial charge in [0.1, 0.15) is 6.04 Å². The molecular formula is C12H14N2O5. The Hall–Kier alpha value is -2.44. The molecule has 0 saturated heterocycles. The maximum absolute atomic E-state index is 11.8. The molecule has 0 bridgehead atoms. The van der Waals surface area contributed by atoms with Crippen LogP contribution in [-0.2, 0) is 4.79 Å². The Morgan fingerprint density at radius 2 is 2.05 bits per heavy atom. The van der Waals surface area contributed by atoms with Gasteiger partial charge in [-0.25, -0.2) is 9.59 Å². The molecule has 2 N–H and O–H groups in total. The molecule has 1 aromatic carbocycles. The fraction of sp³-hybridized carbons (Fsp3) is 0.333. The Bertz CT molecular complexity index is 517.